The molecule has 0 atom stereocenters. The molecule has 0 saturated carbocycles. The first-order valence-electron chi connectivity index (χ1n) is 9.34. The molecule has 0 aromatic heterocycles. The molecule has 0 saturated heterocycles. The lowest BCUT2D eigenvalue weighted by atomic mass is 10.2. The maximum Gasteiger partial charge on any atom is 0.340 e. The van der Waals surface area contributed by atoms with E-state index in [4.69, 9.17) is 4.18 Å². The molecule has 0 N–H and O–H groups in total. The van der Waals surface area contributed by atoms with Crippen LogP contribution in [-0.2, 0) is 24.9 Å². The third-order valence-corrected chi connectivity index (χ3v) is 7.88. The summed E-state index contributed by atoms with van der Waals surface area (Å²) in [4.78, 5) is 10.7. The van der Waals surface area contributed by atoms with Gasteiger partial charge >= 0.3 is 16.1 Å². The van der Waals surface area contributed by atoms with Crippen molar-refractivity contribution in [2.75, 3.05) is 18.5 Å². The molecule has 3 aromatic rings. The van der Waals surface area contributed by atoms with Crippen molar-refractivity contribution in [2.45, 2.75) is 16.7 Å². The highest BCUT2D eigenvalue weighted by Gasteiger charge is 2.31. The summed E-state index contributed by atoms with van der Waals surface area (Å²) in [5.74, 6) is -0.490. The molecule has 0 amide bonds. The molecular formula is C22H21NO7S2. The maximum absolute atomic E-state index is 13.3. The van der Waals surface area contributed by atoms with E-state index >= 15 is 0 Å². The van der Waals surface area contributed by atoms with Crippen LogP contribution in [-0.4, -0.2) is 37.0 Å². The first-order valence-corrected chi connectivity index (χ1v) is 12.2. The number of benzene rings is 3. The molecule has 0 aliphatic rings. The van der Waals surface area contributed by atoms with Gasteiger partial charge in [-0.05, 0) is 61.0 Å². The fourth-order valence-electron chi connectivity index (χ4n) is 2.92. The first-order chi connectivity index (χ1) is 15.1. The van der Waals surface area contributed by atoms with Gasteiger partial charge < -0.3 is 8.92 Å². The smallest absolute Gasteiger partial charge is 0.340 e. The molecule has 0 fully saturated rings. The highest BCUT2D eigenvalue weighted by atomic mass is 32.2. The van der Waals surface area contributed by atoms with Crippen molar-refractivity contribution in [3.63, 3.8) is 0 Å². The summed E-state index contributed by atoms with van der Waals surface area (Å²) in [6.07, 6.45) is 0. The van der Waals surface area contributed by atoms with Crippen LogP contribution in [0.15, 0.2) is 82.6 Å². The molecule has 168 valence electrons. The number of anilines is 1. The minimum absolute atomic E-state index is 0.0731. The molecule has 3 aromatic carbocycles. The van der Waals surface area contributed by atoms with E-state index in [1.807, 2.05) is 0 Å². The van der Waals surface area contributed by atoms with Crippen LogP contribution in [0.3, 0.4) is 0 Å². The molecule has 32 heavy (non-hydrogen) atoms. The van der Waals surface area contributed by atoms with Crippen LogP contribution in [0.4, 0.5) is 5.69 Å². The van der Waals surface area contributed by atoms with Crippen molar-refractivity contribution in [1.82, 2.24) is 0 Å². The van der Waals surface area contributed by atoms with E-state index in [0.717, 1.165) is 9.87 Å². The SMILES string of the molecule is COC(=O)c1ccc(N(C)S(=O)(=O)c2ccccc2S(=O)(=O)Oc2cccc(C)c2)cc1. The average molecular weight is 476 g/mol. The highest BCUT2D eigenvalue weighted by molar-refractivity contribution is 7.94. The highest BCUT2D eigenvalue weighted by Crippen LogP contribution is 2.29. The van der Waals surface area contributed by atoms with Crippen LogP contribution in [0.25, 0.3) is 0 Å². The van der Waals surface area contributed by atoms with Gasteiger partial charge in [0.15, 0.2) is 0 Å². The quantitative estimate of drug-likeness (QED) is 0.381. The van der Waals surface area contributed by atoms with Crippen LogP contribution in [0.2, 0.25) is 0 Å². The van der Waals surface area contributed by atoms with Crippen molar-refractivity contribution < 1.29 is 30.6 Å². The Labute approximate surface area is 187 Å². The Morgan fingerprint density at radius 2 is 1.47 bits per heavy atom. The van der Waals surface area contributed by atoms with E-state index in [1.165, 1.54) is 74.8 Å². The number of rotatable bonds is 7. The number of ether oxygens (including phenoxy) is 1. The van der Waals surface area contributed by atoms with E-state index in [2.05, 4.69) is 4.74 Å². The third kappa shape index (κ3) is 4.76. The number of sulfonamides is 1. The first kappa shape index (κ1) is 23.3. The zero-order valence-electron chi connectivity index (χ0n) is 17.5. The Kier molecular flexibility index (Phi) is 6.56. The van der Waals surface area contributed by atoms with Gasteiger partial charge in [-0.25, -0.2) is 13.2 Å². The van der Waals surface area contributed by atoms with Crippen LogP contribution >= 0.6 is 0 Å². The molecule has 10 heteroatoms. The molecule has 0 aliphatic heterocycles. The Morgan fingerprint density at radius 1 is 0.844 bits per heavy atom. The van der Waals surface area contributed by atoms with E-state index in [0.29, 0.717) is 0 Å². The van der Waals surface area contributed by atoms with Gasteiger partial charge in [-0.3, -0.25) is 4.31 Å². The summed E-state index contributed by atoms with van der Waals surface area (Å²) >= 11 is 0. The molecule has 0 heterocycles. The van der Waals surface area contributed by atoms with Crippen molar-refractivity contribution in [2.24, 2.45) is 0 Å². The zero-order chi connectivity index (χ0) is 23.5. The van der Waals surface area contributed by atoms with Gasteiger partial charge in [0.25, 0.3) is 10.0 Å². The second-order valence-electron chi connectivity index (χ2n) is 6.81. The molecule has 0 bridgehead atoms. The summed E-state index contributed by atoms with van der Waals surface area (Å²) in [7, 11) is -6.21. The topological polar surface area (TPSA) is 107 Å². The van der Waals surface area contributed by atoms with Crippen molar-refractivity contribution in [3.8, 4) is 5.75 Å². The Morgan fingerprint density at radius 3 is 2.06 bits per heavy atom. The second-order valence-corrected chi connectivity index (χ2v) is 10.3. The van der Waals surface area contributed by atoms with Crippen LogP contribution in [0, 0.1) is 6.92 Å². The zero-order valence-corrected chi connectivity index (χ0v) is 19.2. The minimum Gasteiger partial charge on any atom is -0.465 e. The van der Waals surface area contributed by atoms with E-state index in [9.17, 15) is 21.6 Å². The van der Waals surface area contributed by atoms with E-state index < -0.39 is 35.9 Å². The molecule has 0 spiro atoms. The lowest BCUT2D eigenvalue weighted by Crippen LogP contribution is -2.28. The molecular weight excluding hydrogens is 454 g/mol. The van der Waals surface area contributed by atoms with Gasteiger partial charge in [0.05, 0.1) is 18.4 Å². The molecule has 0 unspecified atom stereocenters. The van der Waals surface area contributed by atoms with Gasteiger partial charge in [0.1, 0.15) is 15.5 Å². The minimum atomic E-state index is -4.45. The fourth-order valence-corrected chi connectivity index (χ4v) is 5.82. The number of hydrogen-bond donors (Lipinski definition) is 0. The summed E-state index contributed by atoms with van der Waals surface area (Å²) in [5.41, 5.74) is 1.26. The summed E-state index contributed by atoms with van der Waals surface area (Å²) in [6, 6.07) is 17.3. The van der Waals surface area contributed by atoms with Gasteiger partial charge in [0, 0.05) is 7.05 Å². The Balaban J connectivity index is 2.00. The molecule has 0 radical (unpaired) electrons. The summed E-state index contributed by atoms with van der Waals surface area (Å²) < 4.78 is 63.2. The monoisotopic (exact) mass is 475 g/mol. The molecule has 0 aliphatic carbocycles. The number of esters is 1. The molecule has 3 rings (SSSR count). The Bertz CT molecular complexity index is 1350. The van der Waals surface area contributed by atoms with Crippen molar-refractivity contribution >= 4 is 31.8 Å². The van der Waals surface area contributed by atoms with E-state index in [-0.39, 0.29) is 17.0 Å². The number of methoxy groups -OCH3 is 1. The van der Waals surface area contributed by atoms with Crippen molar-refractivity contribution in [1.29, 1.82) is 0 Å². The van der Waals surface area contributed by atoms with Crippen LogP contribution < -0.4 is 8.49 Å². The van der Waals surface area contributed by atoms with Gasteiger partial charge in [-0.15, -0.1) is 0 Å². The molecule has 8 nitrogen and oxygen atoms in total. The number of nitrogens with zero attached hydrogens (tertiary/aromatic N) is 1. The predicted molar refractivity (Wildman–Crippen MR) is 119 cm³/mol. The number of aryl methyl sites for hydroxylation is 1. The lowest BCUT2D eigenvalue weighted by molar-refractivity contribution is 0.0600. The van der Waals surface area contributed by atoms with Crippen LogP contribution in [0.1, 0.15) is 15.9 Å². The normalized spacial score (nSPS) is 11.6. The van der Waals surface area contributed by atoms with Gasteiger partial charge in [-0.1, -0.05) is 24.3 Å². The summed E-state index contributed by atoms with van der Waals surface area (Å²) in [6.45, 7) is 1.78. The predicted octanol–water partition coefficient (Wildman–Crippen LogP) is 3.37. The van der Waals surface area contributed by atoms with Gasteiger partial charge in [0.2, 0.25) is 0 Å². The summed E-state index contributed by atoms with van der Waals surface area (Å²) in [5, 5.41) is 0. The third-order valence-electron chi connectivity index (χ3n) is 4.60. The number of carbonyl (C=O) groups is 1. The van der Waals surface area contributed by atoms with E-state index in [1.54, 1.807) is 19.1 Å². The van der Waals surface area contributed by atoms with Crippen molar-refractivity contribution in [3.05, 3.63) is 83.9 Å². The fraction of sp³-hybridized carbons (Fsp3) is 0.136. The number of hydrogen-bond acceptors (Lipinski definition) is 7. The Hall–Kier alpha value is -3.37. The second kappa shape index (κ2) is 9.01. The lowest BCUT2D eigenvalue weighted by Gasteiger charge is -2.21. The average Bonchev–Trinajstić information content (AvgIpc) is 2.78. The van der Waals surface area contributed by atoms with Gasteiger partial charge in [-0.2, -0.15) is 8.42 Å². The van der Waals surface area contributed by atoms with Crippen LogP contribution in [0.5, 0.6) is 5.75 Å². The standard InChI is InChI=1S/C22H21NO7S2/c1-16-7-6-8-19(15-16)30-32(27,28)21-10-5-4-9-20(21)31(25,26)23(2)18-13-11-17(12-14-18)22(24)29-3/h4-15H,1-3H3. The number of carbonyl (C=O) groups excluding carboxylic acids is 1. The maximum atomic E-state index is 13.3. The largest absolute Gasteiger partial charge is 0.465 e.